The molecule has 2 aromatic rings. The third-order valence-electron chi connectivity index (χ3n) is 1.99. The van der Waals surface area contributed by atoms with Crippen molar-refractivity contribution >= 4 is 33.0 Å². The van der Waals surface area contributed by atoms with Gasteiger partial charge >= 0.3 is 0 Å². The second-order valence-corrected chi connectivity index (χ2v) is 4.63. The van der Waals surface area contributed by atoms with E-state index in [0.29, 0.717) is 10.0 Å². The van der Waals surface area contributed by atoms with E-state index in [4.69, 9.17) is 0 Å². The van der Waals surface area contributed by atoms with E-state index in [0.717, 1.165) is 5.56 Å². The zero-order valence-corrected chi connectivity index (χ0v) is 9.92. The maximum Gasteiger partial charge on any atom is 0.278 e. The maximum atomic E-state index is 10.9. The van der Waals surface area contributed by atoms with Crippen molar-refractivity contribution in [3.05, 3.63) is 49.6 Å². The van der Waals surface area contributed by atoms with Crippen molar-refractivity contribution in [2.45, 2.75) is 0 Å². The first-order chi connectivity index (χ1) is 7.18. The smallest absolute Gasteiger partial charge is 0.258 e. The highest BCUT2D eigenvalue weighted by atomic mass is 79.9. The molecule has 0 amide bonds. The molecule has 0 spiro atoms. The van der Waals surface area contributed by atoms with Crippen molar-refractivity contribution in [1.82, 2.24) is 0 Å². The number of rotatable bonds is 2. The number of hydrogen-bond acceptors (Lipinski definition) is 3. The summed E-state index contributed by atoms with van der Waals surface area (Å²) in [6.45, 7) is 0. The van der Waals surface area contributed by atoms with Gasteiger partial charge in [-0.1, -0.05) is 15.9 Å². The highest BCUT2D eigenvalue weighted by Gasteiger charge is 2.15. The van der Waals surface area contributed by atoms with Gasteiger partial charge in [0.1, 0.15) is 0 Å². The standard InChI is InChI=1S/C10H6BrNO2S/c11-8-1-2-9(7-3-4-15-6-7)10(5-8)12(13)14/h1-6H. The number of nitro benzene ring substituents is 1. The van der Waals surface area contributed by atoms with Crippen LogP contribution in [0.25, 0.3) is 11.1 Å². The number of nitro groups is 1. The second kappa shape index (κ2) is 4.12. The van der Waals surface area contributed by atoms with E-state index < -0.39 is 0 Å². The molecule has 0 bridgehead atoms. The fourth-order valence-electron chi connectivity index (χ4n) is 1.32. The minimum atomic E-state index is -0.363. The lowest BCUT2D eigenvalue weighted by atomic mass is 10.1. The van der Waals surface area contributed by atoms with Gasteiger partial charge in [0.25, 0.3) is 5.69 Å². The molecule has 3 nitrogen and oxygen atoms in total. The minimum absolute atomic E-state index is 0.128. The second-order valence-electron chi connectivity index (χ2n) is 2.93. The quantitative estimate of drug-likeness (QED) is 0.616. The Morgan fingerprint density at radius 1 is 1.33 bits per heavy atom. The molecular formula is C10H6BrNO2S. The Morgan fingerprint density at radius 2 is 2.13 bits per heavy atom. The van der Waals surface area contributed by atoms with Gasteiger partial charge in [-0.05, 0) is 34.5 Å². The predicted molar refractivity (Wildman–Crippen MR) is 64.1 cm³/mol. The largest absolute Gasteiger partial charge is 0.278 e. The van der Waals surface area contributed by atoms with Gasteiger partial charge in [0.15, 0.2) is 0 Å². The summed E-state index contributed by atoms with van der Waals surface area (Å²) in [5, 5.41) is 14.7. The predicted octanol–water partition coefficient (Wildman–Crippen LogP) is 4.09. The highest BCUT2D eigenvalue weighted by molar-refractivity contribution is 9.10. The van der Waals surface area contributed by atoms with Crippen LogP contribution in [0.1, 0.15) is 0 Å². The zero-order chi connectivity index (χ0) is 10.8. The Balaban J connectivity index is 2.61. The van der Waals surface area contributed by atoms with Crippen LogP contribution in [0.4, 0.5) is 5.69 Å². The topological polar surface area (TPSA) is 43.1 Å². The Hall–Kier alpha value is -1.20. The average molecular weight is 284 g/mol. The normalized spacial score (nSPS) is 10.2. The molecule has 0 saturated heterocycles. The van der Waals surface area contributed by atoms with Crippen molar-refractivity contribution in [2.75, 3.05) is 0 Å². The van der Waals surface area contributed by atoms with Crippen LogP contribution in [0.2, 0.25) is 0 Å². The van der Waals surface area contributed by atoms with Gasteiger partial charge < -0.3 is 0 Å². The Morgan fingerprint density at radius 3 is 2.73 bits per heavy atom. The molecule has 0 aliphatic heterocycles. The number of nitrogens with zero attached hydrogens (tertiary/aromatic N) is 1. The number of benzene rings is 1. The molecule has 1 aromatic carbocycles. The van der Waals surface area contributed by atoms with E-state index >= 15 is 0 Å². The lowest BCUT2D eigenvalue weighted by Gasteiger charge is -2.00. The SMILES string of the molecule is O=[N+]([O-])c1cc(Br)ccc1-c1ccsc1. The summed E-state index contributed by atoms with van der Waals surface area (Å²) in [6, 6.07) is 6.96. The summed E-state index contributed by atoms with van der Waals surface area (Å²) in [5.74, 6) is 0. The Bertz CT molecular complexity index is 496. The first-order valence-electron chi connectivity index (χ1n) is 4.15. The van der Waals surface area contributed by atoms with E-state index in [1.54, 1.807) is 12.1 Å². The lowest BCUT2D eigenvalue weighted by molar-refractivity contribution is -0.384. The van der Waals surface area contributed by atoms with Gasteiger partial charge in [0.05, 0.1) is 10.5 Å². The summed E-state index contributed by atoms with van der Waals surface area (Å²) < 4.78 is 0.716. The van der Waals surface area contributed by atoms with Crippen molar-refractivity contribution in [1.29, 1.82) is 0 Å². The maximum absolute atomic E-state index is 10.9. The molecule has 1 aromatic heterocycles. The summed E-state index contributed by atoms with van der Waals surface area (Å²) in [4.78, 5) is 10.5. The summed E-state index contributed by atoms with van der Waals surface area (Å²) in [7, 11) is 0. The molecule has 15 heavy (non-hydrogen) atoms. The van der Waals surface area contributed by atoms with Crippen LogP contribution in [0, 0.1) is 10.1 Å². The number of halogens is 1. The van der Waals surface area contributed by atoms with Crippen LogP contribution in [-0.2, 0) is 0 Å². The van der Waals surface area contributed by atoms with Crippen molar-refractivity contribution in [3.8, 4) is 11.1 Å². The van der Waals surface area contributed by atoms with Crippen molar-refractivity contribution < 1.29 is 4.92 Å². The third-order valence-corrected chi connectivity index (χ3v) is 3.17. The van der Waals surface area contributed by atoms with Crippen LogP contribution in [-0.4, -0.2) is 4.92 Å². The summed E-state index contributed by atoms with van der Waals surface area (Å²) in [6.07, 6.45) is 0. The van der Waals surface area contributed by atoms with E-state index in [-0.39, 0.29) is 10.6 Å². The van der Waals surface area contributed by atoms with E-state index in [2.05, 4.69) is 15.9 Å². The fraction of sp³-hybridized carbons (Fsp3) is 0. The number of thiophene rings is 1. The lowest BCUT2D eigenvalue weighted by Crippen LogP contribution is -1.91. The van der Waals surface area contributed by atoms with E-state index in [1.165, 1.54) is 17.4 Å². The van der Waals surface area contributed by atoms with Crippen molar-refractivity contribution in [2.24, 2.45) is 0 Å². The van der Waals surface area contributed by atoms with Crippen LogP contribution in [0.15, 0.2) is 39.5 Å². The molecule has 0 atom stereocenters. The summed E-state index contributed by atoms with van der Waals surface area (Å²) in [5.41, 5.74) is 1.67. The molecule has 5 heteroatoms. The Labute approximate surface area is 98.6 Å². The highest BCUT2D eigenvalue weighted by Crippen LogP contribution is 2.33. The number of hydrogen-bond donors (Lipinski definition) is 0. The molecule has 0 aliphatic rings. The molecule has 0 fully saturated rings. The molecule has 1 heterocycles. The average Bonchev–Trinajstić information content (AvgIpc) is 2.70. The minimum Gasteiger partial charge on any atom is -0.258 e. The van der Waals surface area contributed by atoms with Crippen LogP contribution < -0.4 is 0 Å². The van der Waals surface area contributed by atoms with Gasteiger partial charge in [0, 0.05) is 10.5 Å². The molecule has 0 aliphatic carbocycles. The third kappa shape index (κ3) is 2.08. The van der Waals surface area contributed by atoms with Crippen LogP contribution >= 0.6 is 27.3 Å². The van der Waals surface area contributed by atoms with Gasteiger partial charge in [-0.15, -0.1) is 0 Å². The first-order valence-corrected chi connectivity index (χ1v) is 5.88. The van der Waals surface area contributed by atoms with Crippen LogP contribution in [0.5, 0.6) is 0 Å². The fourth-order valence-corrected chi connectivity index (χ4v) is 2.32. The van der Waals surface area contributed by atoms with Gasteiger partial charge in [-0.25, -0.2) is 0 Å². The molecule has 76 valence electrons. The molecule has 2 rings (SSSR count). The summed E-state index contributed by atoms with van der Waals surface area (Å²) >= 11 is 4.75. The Kier molecular flexibility index (Phi) is 2.83. The van der Waals surface area contributed by atoms with Crippen LogP contribution in [0.3, 0.4) is 0 Å². The first kappa shape index (κ1) is 10.3. The zero-order valence-electron chi connectivity index (χ0n) is 7.51. The van der Waals surface area contributed by atoms with Crippen molar-refractivity contribution in [3.63, 3.8) is 0 Å². The monoisotopic (exact) mass is 283 g/mol. The molecule has 0 unspecified atom stereocenters. The van der Waals surface area contributed by atoms with Gasteiger partial charge in [-0.2, -0.15) is 11.3 Å². The molecule has 0 N–H and O–H groups in total. The van der Waals surface area contributed by atoms with Gasteiger partial charge in [-0.3, -0.25) is 10.1 Å². The molecular weight excluding hydrogens is 278 g/mol. The van der Waals surface area contributed by atoms with E-state index in [1.807, 2.05) is 16.8 Å². The molecule has 0 radical (unpaired) electrons. The molecule has 0 saturated carbocycles. The van der Waals surface area contributed by atoms with E-state index in [9.17, 15) is 10.1 Å². The van der Waals surface area contributed by atoms with Gasteiger partial charge in [0.2, 0.25) is 0 Å².